The number of hydrogen-bond acceptors (Lipinski definition) is 5. The largest absolute Gasteiger partial charge is 0.297 e. The van der Waals surface area contributed by atoms with Gasteiger partial charge >= 0.3 is 0 Å². The van der Waals surface area contributed by atoms with Crippen LogP contribution in [0.3, 0.4) is 0 Å². The smallest absolute Gasteiger partial charge is 0.266 e. The summed E-state index contributed by atoms with van der Waals surface area (Å²) in [6.45, 7) is 4.10. The third-order valence-corrected chi connectivity index (χ3v) is 6.80. The first-order chi connectivity index (χ1) is 14.1. The van der Waals surface area contributed by atoms with Gasteiger partial charge in [-0.15, -0.1) is 11.3 Å². The molecule has 3 aromatic heterocycles. The Hall–Kier alpha value is -2.90. The van der Waals surface area contributed by atoms with Crippen LogP contribution in [0.4, 0.5) is 0 Å². The van der Waals surface area contributed by atoms with Crippen LogP contribution >= 0.6 is 23.1 Å². The monoisotopic (exact) mass is 418 g/mol. The number of hydrogen-bond donors (Lipinski definition) is 0. The minimum absolute atomic E-state index is 0.0439. The fourth-order valence-corrected chi connectivity index (χ4v) is 4.99. The summed E-state index contributed by atoms with van der Waals surface area (Å²) < 4.78 is 3.76. The van der Waals surface area contributed by atoms with Gasteiger partial charge in [-0.05, 0) is 43.2 Å². The molecule has 0 aliphatic carbocycles. The average Bonchev–Trinajstić information content (AvgIpc) is 3.31. The van der Waals surface area contributed by atoms with E-state index in [-0.39, 0.29) is 5.56 Å². The molecule has 0 aliphatic rings. The molecule has 29 heavy (non-hydrogen) atoms. The van der Waals surface area contributed by atoms with Crippen LogP contribution in [0.1, 0.15) is 16.8 Å². The molecule has 5 rings (SSSR count). The number of imidazole rings is 1. The van der Waals surface area contributed by atoms with Gasteiger partial charge in [-0.3, -0.25) is 13.8 Å². The first-order valence-electron chi connectivity index (χ1n) is 9.24. The van der Waals surface area contributed by atoms with E-state index >= 15 is 0 Å². The Morgan fingerprint density at radius 2 is 1.93 bits per heavy atom. The normalized spacial score (nSPS) is 11.5. The lowest BCUT2D eigenvalue weighted by atomic mass is 10.1. The van der Waals surface area contributed by atoms with Crippen LogP contribution in [-0.2, 0) is 5.75 Å². The maximum absolute atomic E-state index is 13.4. The number of thiazole rings is 1. The van der Waals surface area contributed by atoms with E-state index < -0.39 is 0 Å². The van der Waals surface area contributed by atoms with Gasteiger partial charge in [0.1, 0.15) is 0 Å². The summed E-state index contributed by atoms with van der Waals surface area (Å²) in [5.74, 6) is 0.643. The molecule has 3 heterocycles. The van der Waals surface area contributed by atoms with Gasteiger partial charge in [0, 0.05) is 23.5 Å². The fourth-order valence-electron chi connectivity index (χ4n) is 3.38. The van der Waals surface area contributed by atoms with Crippen molar-refractivity contribution in [2.24, 2.45) is 0 Å². The number of nitrogens with zero attached hydrogens (tertiary/aromatic N) is 4. The molecular weight excluding hydrogens is 400 g/mol. The third kappa shape index (κ3) is 3.16. The van der Waals surface area contributed by atoms with Gasteiger partial charge in [0.05, 0.1) is 22.3 Å². The molecule has 0 bridgehead atoms. The second kappa shape index (κ2) is 7.17. The zero-order valence-corrected chi connectivity index (χ0v) is 17.6. The summed E-state index contributed by atoms with van der Waals surface area (Å²) in [5, 5.41) is 3.32. The molecule has 0 aliphatic heterocycles. The number of aryl methyl sites for hydroxylation is 1. The number of aromatic nitrogens is 4. The Morgan fingerprint density at radius 1 is 1.07 bits per heavy atom. The summed E-state index contributed by atoms with van der Waals surface area (Å²) in [7, 11) is 0. The van der Waals surface area contributed by atoms with Crippen LogP contribution in [0, 0.1) is 13.8 Å². The molecular formula is C22H18N4OS2. The van der Waals surface area contributed by atoms with E-state index in [1.165, 1.54) is 11.8 Å². The standard InChI is InChI=1S/C22H18N4OS2/c1-14-6-5-9-19(15(14)2)26-20(27)17-7-3-4-8-18(17)24-22(26)29-13-16-12-25-10-11-28-21(25)23-16/h3-12H,13H2,1-2H3. The molecule has 5 aromatic rings. The molecule has 0 spiro atoms. The summed E-state index contributed by atoms with van der Waals surface area (Å²) in [5.41, 5.74) is 4.74. The molecule has 0 unspecified atom stereocenters. The number of thioether (sulfide) groups is 1. The summed E-state index contributed by atoms with van der Waals surface area (Å²) >= 11 is 3.15. The van der Waals surface area contributed by atoms with E-state index in [9.17, 15) is 4.79 Å². The molecule has 0 N–H and O–H groups in total. The molecule has 0 saturated heterocycles. The number of rotatable bonds is 4. The Labute approximate surface area is 175 Å². The van der Waals surface area contributed by atoms with Crippen molar-refractivity contribution in [2.45, 2.75) is 24.8 Å². The van der Waals surface area contributed by atoms with Crippen molar-refractivity contribution in [1.29, 1.82) is 0 Å². The number of fused-ring (bicyclic) bond motifs is 2. The zero-order chi connectivity index (χ0) is 20.0. The first-order valence-corrected chi connectivity index (χ1v) is 11.1. The Morgan fingerprint density at radius 3 is 2.79 bits per heavy atom. The van der Waals surface area contributed by atoms with E-state index in [2.05, 4.69) is 18.0 Å². The van der Waals surface area contributed by atoms with E-state index in [1.54, 1.807) is 15.9 Å². The summed E-state index contributed by atoms with van der Waals surface area (Å²) in [6, 6.07) is 13.5. The SMILES string of the molecule is Cc1cccc(-n2c(SCc3cn4ccsc4n3)nc3ccccc3c2=O)c1C. The second-order valence-corrected chi connectivity index (χ2v) is 8.70. The van der Waals surface area contributed by atoms with Crippen molar-refractivity contribution < 1.29 is 0 Å². The maximum Gasteiger partial charge on any atom is 0.266 e. The molecule has 2 aromatic carbocycles. The third-order valence-electron chi connectivity index (χ3n) is 5.05. The number of para-hydroxylation sites is 1. The van der Waals surface area contributed by atoms with Crippen LogP contribution in [0.25, 0.3) is 21.6 Å². The van der Waals surface area contributed by atoms with E-state index in [0.29, 0.717) is 21.8 Å². The van der Waals surface area contributed by atoms with Gasteiger partial charge in [0.15, 0.2) is 10.1 Å². The molecule has 5 nitrogen and oxygen atoms in total. The van der Waals surface area contributed by atoms with Crippen molar-refractivity contribution in [3.8, 4) is 5.69 Å². The second-order valence-electron chi connectivity index (χ2n) is 6.88. The fraction of sp³-hybridized carbons (Fsp3) is 0.136. The van der Waals surface area contributed by atoms with Gasteiger partial charge in [-0.2, -0.15) is 0 Å². The topological polar surface area (TPSA) is 52.2 Å². The molecule has 0 radical (unpaired) electrons. The van der Waals surface area contributed by atoms with Crippen molar-refractivity contribution in [3.05, 3.63) is 87.4 Å². The molecule has 7 heteroatoms. The zero-order valence-electron chi connectivity index (χ0n) is 16.0. The van der Waals surface area contributed by atoms with Crippen molar-refractivity contribution in [2.75, 3.05) is 0 Å². The van der Waals surface area contributed by atoms with E-state index in [0.717, 1.165) is 27.5 Å². The highest BCUT2D eigenvalue weighted by Crippen LogP contribution is 2.27. The molecule has 0 amide bonds. The maximum atomic E-state index is 13.4. The number of benzene rings is 2. The lowest BCUT2D eigenvalue weighted by Gasteiger charge is -2.16. The van der Waals surface area contributed by atoms with Crippen LogP contribution in [-0.4, -0.2) is 18.9 Å². The van der Waals surface area contributed by atoms with Gasteiger partial charge in [-0.25, -0.2) is 9.97 Å². The Bertz CT molecular complexity index is 1390. The molecule has 0 saturated carbocycles. The Balaban J connectivity index is 1.65. The summed E-state index contributed by atoms with van der Waals surface area (Å²) in [6.07, 6.45) is 4.03. The highest BCUT2D eigenvalue weighted by atomic mass is 32.2. The van der Waals surface area contributed by atoms with Gasteiger partial charge in [0.25, 0.3) is 5.56 Å². The molecule has 144 valence electrons. The van der Waals surface area contributed by atoms with Crippen molar-refractivity contribution in [1.82, 2.24) is 18.9 Å². The van der Waals surface area contributed by atoms with Gasteiger partial charge < -0.3 is 0 Å². The molecule has 0 fully saturated rings. The minimum atomic E-state index is -0.0439. The van der Waals surface area contributed by atoms with Crippen LogP contribution in [0.5, 0.6) is 0 Å². The lowest BCUT2D eigenvalue weighted by molar-refractivity contribution is 0.812. The average molecular weight is 419 g/mol. The highest BCUT2D eigenvalue weighted by Gasteiger charge is 2.16. The van der Waals surface area contributed by atoms with Crippen molar-refractivity contribution >= 4 is 39.0 Å². The van der Waals surface area contributed by atoms with E-state index in [1.807, 2.05) is 65.5 Å². The highest BCUT2D eigenvalue weighted by molar-refractivity contribution is 7.98. The quantitative estimate of drug-likeness (QED) is 0.304. The van der Waals surface area contributed by atoms with Gasteiger partial charge in [0.2, 0.25) is 0 Å². The van der Waals surface area contributed by atoms with Crippen molar-refractivity contribution in [3.63, 3.8) is 0 Å². The van der Waals surface area contributed by atoms with E-state index in [4.69, 9.17) is 4.98 Å². The molecule has 0 atom stereocenters. The van der Waals surface area contributed by atoms with Crippen LogP contribution in [0.15, 0.2) is 70.2 Å². The Kier molecular flexibility index (Phi) is 4.49. The lowest BCUT2D eigenvalue weighted by Crippen LogP contribution is -2.22. The predicted octanol–water partition coefficient (Wildman–Crippen LogP) is 5.00. The minimum Gasteiger partial charge on any atom is -0.297 e. The summed E-state index contributed by atoms with van der Waals surface area (Å²) in [4.78, 5) is 23.9. The predicted molar refractivity (Wildman–Crippen MR) is 119 cm³/mol. The van der Waals surface area contributed by atoms with Crippen LogP contribution < -0.4 is 5.56 Å². The van der Waals surface area contributed by atoms with Gasteiger partial charge in [-0.1, -0.05) is 36.0 Å². The van der Waals surface area contributed by atoms with Crippen LogP contribution in [0.2, 0.25) is 0 Å². The first kappa shape index (κ1) is 18.1.